The van der Waals surface area contributed by atoms with E-state index in [9.17, 15) is 4.79 Å². The van der Waals surface area contributed by atoms with Crippen LogP contribution in [0, 0.1) is 13.8 Å². The predicted octanol–water partition coefficient (Wildman–Crippen LogP) is 4.63. The Morgan fingerprint density at radius 1 is 1.24 bits per heavy atom. The first-order valence-electron chi connectivity index (χ1n) is 9.45. The first kappa shape index (κ1) is 21.3. The molecule has 2 aromatic heterocycles. The van der Waals surface area contributed by atoms with Gasteiger partial charge in [-0.15, -0.1) is 21.5 Å². The number of nitrogens with one attached hydrogen (secondary N) is 1. The normalized spacial score (nSPS) is 13.1. The minimum absolute atomic E-state index is 0.107. The minimum atomic E-state index is -0.341. The second kappa shape index (κ2) is 9.41. The first-order chi connectivity index (χ1) is 13.9. The molecule has 0 saturated carbocycles. The Bertz CT molecular complexity index is 951. The molecule has 0 bridgehead atoms. The van der Waals surface area contributed by atoms with Crippen LogP contribution in [-0.2, 0) is 11.3 Å². The lowest BCUT2D eigenvalue weighted by Crippen LogP contribution is -2.23. The highest BCUT2D eigenvalue weighted by atomic mass is 32.2. The molecule has 1 N–H and O–H groups in total. The van der Waals surface area contributed by atoms with Crippen molar-refractivity contribution in [3.63, 3.8) is 0 Å². The summed E-state index contributed by atoms with van der Waals surface area (Å²) in [5, 5.41) is 12.5. The highest BCUT2D eigenvalue weighted by Gasteiger charge is 2.23. The van der Waals surface area contributed by atoms with Crippen molar-refractivity contribution in [3.05, 3.63) is 46.7 Å². The highest BCUT2D eigenvalue weighted by molar-refractivity contribution is 8.00. The third kappa shape index (κ3) is 5.16. The summed E-state index contributed by atoms with van der Waals surface area (Å²) in [6, 6.07) is 9.63. The molecule has 1 amide bonds. The molecule has 29 heavy (non-hydrogen) atoms. The fourth-order valence-corrected chi connectivity index (χ4v) is 4.42. The Labute approximate surface area is 178 Å². The molecule has 0 unspecified atom stereocenters. The number of benzene rings is 1. The van der Waals surface area contributed by atoms with Crippen LogP contribution in [0.15, 0.2) is 35.5 Å². The first-order valence-corrected chi connectivity index (χ1v) is 11.1. The number of hydrogen-bond donors (Lipinski definition) is 1. The van der Waals surface area contributed by atoms with E-state index in [2.05, 4.69) is 20.5 Å². The van der Waals surface area contributed by atoms with Crippen LogP contribution in [0.4, 0.5) is 5.13 Å². The van der Waals surface area contributed by atoms with Gasteiger partial charge >= 0.3 is 0 Å². The van der Waals surface area contributed by atoms with E-state index in [4.69, 9.17) is 4.74 Å². The number of para-hydroxylation sites is 1. The van der Waals surface area contributed by atoms with Gasteiger partial charge in [0.15, 0.2) is 22.2 Å². The highest BCUT2D eigenvalue weighted by Crippen LogP contribution is 2.28. The van der Waals surface area contributed by atoms with Gasteiger partial charge in [-0.3, -0.25) is 4.79 Å². The smallest absolute Gasteiger partial charge is 0.239 e. The van der Waals surface area contributed by atoms with Crippen molar-refractivity contribution >= 4 is 34.1 Å². The van der Waals surface area contributed by atoms with Crippen molar-refractivity contribution in [1.82, 2.24) is 19.7 Å². The van der Waals surface area contributed by atoms with E-state index in [-0.39, 0.29) is 17.3 Å². The van der Waals surface area contributed by atoms with E-state index in [0.29, 0.717) is 16.8 Å². The SMILES string of the molecule is CCn1c(S[C@@H](C)C(=O)Nc2nc(C)c(C)s2)nnc1[C@@H](C)Oc1ccccc1. The van der Waals surface area contributed by atoms with Crippen molar-refractivity contribution < 1.29 is 9.53 Å². The largest absolute Gasteiger partial charge is 0.483 e. The summed E-state index contributed by atoms with van der Waals surface area (Å²) in [6.07, 6.45) is -0.260. The van der Waals surface area contributed by atoms with Crippen molar-refractivity contribution in [1.29, 1.82) is 0 Å². The second-order valence-electron chi connectivity index (χ2n) is 6.57. The van der Waals surface area contributed by atoms with Crippen LogP contribution in [0.1, 0.15) is 43.3 Å². The number of carbonyl (C=O) groups excluding carboxylic acids is 1. The molecule has 0 aliphatic rings. The standard InChI is InChI=1S/C20H25N5O2S2/c1-6-25-17(13(3)27-16-10-8-7-9-11-16)23-24-20(25)29-15(5)18(26)22-19-21-12(2)14(4)28-19/h7-11,13,15H,6H2,1-5H3,(H,21,22,26)/t13-,15+/m1/s1. The van der Waals surface area contributed by atoms with Crippen LogP contribution in [0.25, 0.3) is 0 Å². The molecule has 0 saturated heterocycles. The number of thioether (sulfide) groups is 1. The number of aryl methyl sites for hydroxylation is 2. The van der Waals surface area contributed by atoms with Crippen LogP contribution in [0.3, 0.4) is 0 Å². The summed E-state index contributed by atoms with van der Waals surface area (Å²) < 4.78 is 7.97. The Hall–Kier alpha value is -2.39. The van der Waals surface area contributed by atoms with Gasteiger partial charge < -0.3 is 14.6 Å². The Balaban J connectivity index is 1.68. The van der Waals surface area contributed by atoms with Gasteiger partial charge in [0, 0.05) is 11.4 Å². The summed E-state index contributed by atoms with van der Waals surface area (Å²) in [6.45, 7) is 10.4. The van der Waals surface area contributed by atoms with Gasteiger partial charge in [0.05, 0.1) is 10.9 Å². The summed E-state index contributed by atoms with van der Waals surface area (Å²) in [5.41, 5.74) is 0.938. The molecule has 1 aromatic carbocycles. The van der Waals surface area contributed by atoms with Crippen molar-refractivity contribution in [3.8, 4) is 5.75 Å². The monoisotopic (exact) mass is 431 g/mol. The molecule has 3 rings (SSSR count). The average molecular weight is 432 g/mol. The van der Waals surface area contributed by atoms with Crippen LogP contribution in [0.2, 0.25) is 0 Å². The lowest BCUT2D eigenvalue weighted by Gasteiger charge is -2.16. The fraction of sp³-hybridized carbons (Fsp3) is 0.400. The third-order valence-electron chi connectivity index (χ3n) is 4.39. The molecule has 9 heteroatoms. The Morgan fingerprint density at radius 2 is 1.97 bits per heavy atom. The van der Waals surface area contributed by atoms with Crippen LogP contribution in [-0.4, -0.2) is 30.9 Å². The molecule has 0 aliphatic carbocycles. The molecule has 3 aromatic rings. The number of ether oxygens (including phenoxy) is 1. The van der Waals surface area contributed by atoms with E-state index < -0.39 is 0 Å². The third-order valence-corrected chi connectivity index (χ3v) is 6.46. The topological polar surface area (TPSA) is 81.9 Å². The molecule has 7 nitrogen and oxygen atoms in total. The molecule has 0 radical (unpaired) electrons. The molecular formula is C20H25N5O2S2. The minimum Gasteiger partial charge on any atom is -0.483 e. The number of hydrogen-bond acceptors (Lipinski definition) is 7. The van der Waals surface area contributed by atoms with Crippen LogP contribution < -0.4 is 10.1 Å². The molecule has 154 valence electrons. The van der Waals surface area contributed by atoms with Crippen LogP contribution >= 0.6 is 23.1 Å². The van der Waals surface area contributed by atoms with Crippen molar-refractivity contribution in [2.24, 2.45) is 0 Å². The average Bonchev–Trinajstić information content (AvgIpc) is 3.24. The number of carbonyl (C=O) groups is 1. The van der Waals surface area contributed by atoms with Gasteiger partial charge in [0.25, 0.3) is 0 Å². The summed E-state index contributed by atoms with van der Waals surface area (Å²) >= 11 is 2.86. The number of thiazole rings is 1. The maximum absolute atomic E-state index is 12.6. The van der Waals surface area contributed by atoms with E-state index in [1.807, 2.05) is 69.5 Å². The number of aromatic nitrogens is 4. The lowest BCUT2D eigenvalue weighted by atomic mass is 10.3. The number of anilines is 1. The van der Waals surface area contributed by atoms with Gasteiger partial charge in [-0.25, -0.2) is 4.98 Å². The zero-order valence-corrected chi connectivity index (χ0v) is 18.8. The Kier molecular flexibility index (Phi) is 6.92. The van der Waals surface area contributed by atoms with E-state index in [1.165, 1.54) is 23.1 Å². The molecular weight excluding hydrogens is 406 g/mol. The van der Waals surface area contributed by atoms with Gasteiger partial charge in [0.1, 0.15) is 5.75 Å². The number of rotatable bonds is 8. The predicted molar refractivity (Wildman–Crippen MR) is 117 cm³/mol. The van der Waals surface area contributed by atoms with E-state index in [1.54, 1.807) is 0 Å². The molecule has 0 aliphatic heterocycles. The van der Waals surface area contributed by atoms with Gasteiger partial charge in [-0.1, -0.05) is 30.0 Å². The maximum Gasteiger partial charge on any atom is 0.239 e. The Morgan fingerprint density at radius 3 is 2.59 bits per heavy atom. The number of nitrogens with zero attached hydrogens (tertiary/aromatic N) is 4. The van der Waals surface area contributed by atoms with Gasteiger partial charge in [-0.2, -0.15) is 0 Å². The zero-order chi connectivity index (χ0) is 21.0. The van der Waals surface area contributed by atoms with Gasteiger partial charge in [0.2, 0.25) is 5.91 Å². The van der Waals surface area contributed by atoms with Crippen molar-refractivity contribution in [2.45, 2.75) is 57.7 Å². The fourth-order valence-electron chi connectivity index (χ4n) is 2.69. The zero-order valence-electron chi connectivity index (χ0n) is 17.2. The molecule has 2 heterocycles. The van der Waals surface area contributed by atoms with Crippen molar-refractivity contribution in [2.75, 3.05) is 5.32 Å². The summed E-state index contributed by atoms with van der Waals surface area (Å²) in [4.78, 5) is 18.0. The number of amides is 1. The molecule has 2 atom stereocenters. The molecule has 0 fully saturated rings. The lowest BCUT2D eigenvalue weighted by molar-refractivity contribution is -0.115. The van der Waals surface area contributed by atoms with E-state index in [0.717, 1.165) is 22.1 Å². The maximum atomic E-state index is 12.6. The van der Waals surface area contributed by atoms with E-state index >= 15 is 0 Å². The van der Waals surface area contributed by atoms with Crippen LogP contribution in [0.5, 0.6) is 5.75 Å². The quantitative estimate of drug-likeness (QED) is 0.524. The second-order valence-corrected chi connectivity index (χ2v) is 9.08. The molecule has 0 spiro atoms. The summed E-state index contributed by atoms with van der Waals surface area (Å²) in [5.74, 6) is 1.41. The van der Waals surface area contributed by atoms with Gasteiger partial charge in [-0.05, 0) is 46.8 Å². The summed E-state index contributed by atoms with van der Waals surface area (Å²) in [7, 11) is 0.